The third-order valence-corrected chi connectivity index (χ3v) is 4.43. The number of rotatable bonds is 4. The molecular weight excluding hydrogens is 330 g/mol. The van der Waals surface area contributed by atoms with E-state index in [4.69, 9.17) is 0 Å². The smallest absolute Gasteiger partial charge is 0.278 e. The van der Waals surface area contributed by atoms with Gasteiger partial charge in [-0.25, -0.2) is 4.98 Å². The zero-order chi connectivity index (χ0) is 14.0. The molecule has 102 valence electrons. The van der Waals surface area contributed by atoms with E-state index in [-0.39, 0.29) is 5.03 Å². The molecule has 1 aromatic carbocycles. The highest BCUT2D eigenvalue weighted by atomic mass is 79.9. The zero-order valence-electron chi connectivity index (χ0n) is 10.6. The van der Waals surface area contributed by atoms with E-state index in [1.807, 2.05) is 13.0 Å². The van der Waals surface area contributed by atoms with Crippen molar-refractivity contribution in [1.29, 1.82) is 0 Å². The molecule has 1 heterocycles. The number of hydrogen-bond acceptors (Lipinski definition) is 3. The molecule has 19 heavy (non-hydrogen) atoms. The Balaban J connectivity index is 2.35. The number of aryl methyl sites for hydroxylation is 2. The highest BCUT2D eigenvalue weighted by Crippen LogP contribution is 2.23. The number of benzene rings is 1. The summed E-state index contributed by atoms with van der Waals surface area (Å²) >= 11 is 3.37. The molecule has 0 atom stereocenters. The number of sulfonamides is 1. The Morgan fingerprint density at radius 1 is 1.42 bits per heavy atom. The number of halogens is 1. The first kappa shape index (κ1) is 14.1. The standard InChI is InChI=1S/C12H14BrN3O2S/c1-3-9-6-10(13)4-5-11(9)16-19(17,18)12-7-14-8(2)15-12/h4-7,16H,3H2,1-2H3,(H,14,15). The first-order valence-corrected chi connectivity index (χ1v) is 8.03. The van der Waals surface area contributed by atoms with Crippen molar-refractivity contribution in [3.8, 4) is 0 Å². The lowest BCUT2D eigenvalue weighted by Gasteiger charge is -2.11. The average molecular weight is 344 g/mol. The fraction of sp³-hybridized carbons (Fsp3) is 0.250. The van der Waals surface area contributed by atoms with Crippen LogP contribution < -0.4 is 4.72 Å². The first-order valence-electron chi connectivity index (χ1n) is 5.75. The second kappa shape index (κ2) is 5.34. The molecule has 7 heteroatoms. The summed E-state index contributed by atoms with van der Waals surface area (Å²) in [5.41, 5.74) is 1.51. The molecule has 5 nitrogen and oxygen atoms in total. The highest BCUT2D eigenvalue weighted by Gasteiger charge is 2.17. The van der Waals surface area contributed by atoms with Crippen LogP contribution in [0, 0.1) is 6.92 Å². The molecule has 0 amide bonds. The topological polar surface area (TPSA) is 74.8 Å². The number of aromatic amines is 1. The number of imidazole rings is 1. The van der Waals surface area contributed by atoms with Crippen LogP contribution in [0.1, 0.15) is 18.3 Å². The summed E-state index contributed by atoms with van der Waals surface area (Å²) in [6.45, 7) is 3.68. The van der Waals surface area contributed by atoms with Crippen LogP contribution >= 0.6 is 15.9 Å². The van der Waals surface area contributed by atoms with Crippen LogP contribution in [0.3, 0.4) is 0 Å². The largest absolute Gasteiger partial charge is 0.332 e. The van der Waals surface area contributed by atoms with E-state index in [0.717, 1.165) is 16.5 Å². The van der Waals surface area contributed by atoms with Gasteiger partial charge >= 0.3 is 0 Å². The molecule has 0 bridgehead atoms. The summed E-state index contributed by atoms with van der Waals surface area (Å²) < 4.78 is 27.8. The van der Waals surface area contributed by atoms with Gasteiger partial charge in [-0.2, -0.15) is 8.42 Å². The van der Waals surface area contributed by atoms with Crippen LogP contribution in [-0.4, -0.2) is 18.4 Å². The van der Waals surface area contributed by atoms with Crippen molar-refractivity contribution in [2.75, 3.05) is 4.72 Å². The van der Waals surface area contributed by atoms with Crippen LogP contribution in [0.5, 0.6) is 0 Å². The van der Waals surface area contributed by atoms with Gasteiger partial charge in [-0.1, -0.05) is 22.9 Å². The molecule has 1 aromatic heterocycles. The number of nitrogens with zero attached hydrogens (tertiary/aromatic N) is 1. The van der Waals surface area contributed by atoms with Crippen molar-refractivity contribution in [2.24, 2.45) is 0 Å². The minimum atomic E-state index is -3.62. The lowest BCUT2D eigenvalue weighted by atomic mass is 10.1. The van der Waals surface area contributed by atoms with Crippen molar-refractivity contribution in [1.82, 2.24) is 9.97 Å². The number of hydrogen-bond donors (Lipinski definition) is 2. The van der Waals surface area contributed by atoms with E-state index in [1.165, 1.54) is 6.20 Å². The van der Waals surface area contributed by atoms with Gasteiger partial charge in [-0.3, -0.25) is 4.72 Å². The molecule has 0 saturated heterocycles. The molecular formula is C12H14BrN3O2S. The lowest BCUT2D eigenvalue weighted by molar-refractivity contribution is 0.598. The van der Waals surface area contributed by atoms with E-state index < -0.39 is 10.0 Å². The van der Waals surface area contributed by atoms with Gasteiger partial charge in [0.05, 0.1) is 11.9 Å². The van der Waals surface area contributed by atoms with Gasteiger partial charge in [0.15, 0.2) is 5.03 Å². The van der Waals surface area contributed by atoms with Crippen LogP contribution in [-0.2, 0) is 16.4 Å². The SMILES string of the molecule is CCc1cc(Br)ccc1NS(=O)(=O)c1cnc(C)[nH]1. The lowest BCUT2D eigenvalue weighted by Crippen LogP contribution is -2.14. The fourth-order valence-corrected chi connectivity index (χ4v) is 3.17. The highest BCUT2D eigenvalue weighted by molar-refractivity contribution is 9.10. The number of aromatic nitrogens is 2. The van der Waals surface area contributed by atoms with Gasteiger partial charge in [-0.05, 0) is 37.1 Å². The van der Waals surface area contributed by atoms with Crippen molar-refractivity contribution in [2.45, 2.75) is 25.3 Å². The maximum Gasteiger partial charge on any atom is 0.278 e. The molecule has 0 aliphatic rings. The minimum absolute atomic E-state index is 0.0648. The van der Waals surface area contributed by atoms with Gasteiger partial charge < -0.3 is 4.98 Å². The Hall–Kier alpha value is -1.34. The van der Waals surface area contributed by atoms with Gasteiger partial charge in [0.2, 0.25) is 0 Å². The van der Waals surface area contributed by atoms with Gasteiger partial charge in [0.25, 0.3) is 10.0 Å². The summed E-state index contributed by atoms with van der Waals surface area (Å²) in [5.74, 6) is 0.562. The third kappa shape index (κ3) is 3.16. The van der Waals surface area contributed by atoms with Crippen molar-refractivity contribution >= 4 is 31.6 Å². The van der Waals surface area contributed by atoms with Crippen molar-refractivity contribution < 1.29 is 8.42 Å². The summed E-state index contributed by atoms with van der Waals surface area (Å²) in [4.78, 5) is 6.61. The summed E-state index contributed by atoms with van der Waals surface area (Å²) in [7, 11) is -3.62. The zero-order valence-corrected chi connectivity index (χ0v) is 13.0. The summed E-state index contributed by atoms with van der Waals surface area (Å²) in [6, 6.07) is 5.44. The monoisotopic (exact) mass is 343 g/mol. The predicted octanol–water partition coefficient (Wildman–Crippen LogP) is 2.84. The number of H-pyrrole nitrogens is 1. The van der Waals surface area contributed by atoms with Gasteiger partial charge in [0.1, 0.15) is 5.82 Å². The molecule has 2 rings (SSSR count). The fourth-order valence-electron chi connectivity index (χ4n) is 1.69. The second-order valence-electron chi connectivity index (χ2n) is 4.09. The van der Waals surface area contributed by atoms with Crippen molar-refractivity contribution in [3.63, 3.8) is 0 Å². The van der Waals surface area contributed by atoms with Crippen LogP contribution in [0.2, 0.25) is 0 Å². The minimum Gasteiger partial charge on any atom is -0.332 e. The van der Waals surface area contributed by atoms with E-state index in [1.54, 1.807) is 19.1 Å². The van der Waals surface area contributed by atoms with Gasteiger partial charge in [0, 0.05) is 4.47 Å². The van der Waals surface area contributed by atoms with E-state index in [2.05, 4.69) is 30.6 Å². The van der Waals surface area contributed by atoms with Crippen LogP contribution in [0.4, 0.5) is 5.69 Å². The summed E-state index contributed by atoms with van der Waals surface area (Å²) in [6.07, 6.45) is 2.04. The Morgan fingerprint density at radius 3 is 2.74 bits per heavy atom. The van der Waals surface area contributed by atoms with E-state index in [0.29, 0.717) is 11.5 Å². The molecule has 0 saturated carbocycles. The van der Waals surface area contributed by atoms with E-state index in [9.17, 15) is 8.42 Å². The average Bonchev–Trinajstić information content (AvgIpc) is 2.79. The molecule has 2 N–H and O–H groups in total. The molecule has 0 aliphatic heterocycles. The predicted molar refractivity (Wildman–Crippen MR) is 77.7 cm³/mol. The van der Waals surface area contributed by atoms with Crippen LogP contribution in [0.15, 0.2) is 33.9 Å². The van der Waals surface area contributed by atoms with Crippen LogP contribution in [0.25, 0.3) is 0 Å². The molecule has 0 fully saturated rings. The third-order valence-electron chi connectivity index (χ3n) is 2.66. The molecule has 0 aliphatic carbocycles. The summed E-state index contributed by atoms with van der Waals surface area (Å²) in [5, 5.41) is 0.0648. The van der Waals surface area contributed by atoms with Gasteiger partial charge in [-0.15, -0.1) is 0 Å². The Labute approximate surface area is 120 Å². The molecule has 2 aromatic rings. The quantitative estimate of drug-likeness (QED) is 0.896. The maximum absolute atomic E-state index is 12.2. The Kier molecular flexibility index (Phi) is 3.96. The second-order valence-corrected chi connectivity index (χ2v) is 6.66. The van der Waals surface area contributed by atoms with Crippen molar-refractivity contribution in [3.05, 3.63) is 40.3 Å². The Morgan fingerprint density at radius 2 is 2.16 bits per heavy atom. The molecule has 0 radical (unpaired) electrons. The molecule has 0 unspecified atom stereocenters. The normalized spacial score (nSPS) is 11.5. The maximum atomic E-state index is 12.2. The Bertz CT molecular complexity index is 695. The van der Waals surface area contributed by atoms with E-state index >= 15 is 0 Å². The first-order chi connectivity index (χ1) is 8.92. The number of nitrogens with one attached hydrogen (secondary N) is 2. The molecule has 0 spiro atoms. The number of anilines is 1.